The smallest absolute Gasteiger partial charge is 0.194 e. The second-order valence-corrected chi connectivity index (χ2v) is 7.55. The molecule has 27 heavy (non-hydrogen) atoms. The molecule has 2 aromatic rings. The molecule has 3 rings (SSSR count). The highest BCUT2D eigenvalue weighted by atomic mass is 35.5. The van der Waals surface area contributed by atoms with E-state index in [1.807, 2.05) is 18.2 Å². The number of halogens is 1. The SMILES string of the molecule is CCc1nncn1CCN=C(NC1CCCC1)N(C)Cc1cccc(Cl)c1. The fraction of sp³-hybridized carbons (Fsp3) is 0.550. The number of aromatic nitrogens is 3. The van der Waals surface area contributed by atoms with Crippen molar-refractivity contribution >= 4 is 17.6 Å². The van der Waals surface area contributed by atoms with Crippen LogP contribution >= 0.6 is 11.6 Å². The molecule has 6 nitrogen and oxygen atoms in total. The zero-order valence-corrected chi connectivity index (χ0v) is 17.0. The van der Waals surface area contributed by atoms with Gasteiger partial charge in [0.15, 0.2) is 5.96 Å². The molecule has 1 aliphatic carbocycles. The topological polar surface area (TPSA) is 58.3 Å². The number of benzene rings is 1. The molecule has 1 fully saturated rings. The van der Waals surface area contributed by atoms with E-state index in [-0.39, 0.29) is 0 Å². The summed E-state index contributed by atoms with van der Waals surface area (Å²) in [7, 11) is 2.08. The zero-order valence-electron chi connectivity index (χ0n) is 16.2. The third kappa shape index (κ3) is 5.70. The maximum Gasteiger partial charge on any atom is 0.194 e. The lowest BCUT2D eigenvalue weighted by atomic mass is 10.2. The van der Waals surface area contributed by atoms with Crippen LogP contribution in [0.5, 0.6) is 0 Å². The van der Waals surface area contributed by atoms with Gasteiger partial charge in [0, 0.05) is 37.6 Å². The van der Waals surface area contributed by atoms with Crippen LogP contribution in [0.3, 0.4) is 0 Å². The monoisotopic (exact) mass is 388 g/mol. The summed E-state index contributed by atoms with van der Waals surface area (Å²) in [5.74, 6) is 1.95. The van der Waals surface area contributed by atoms with E-state index >= 15 is 0 Å². The summed E-state index contributed by atoms with van der Waals surface area (Å²) in [6.45, 7) is 4.35. The lowest BCUT2D eigenvalue weighted by molar-refractivity contribution is 0.456. The molecule has 0 bridgehead atoms. The Kier molecular flexibility index (Phi) is 7.10. The number of rotatable bonds is 7. The van der Waals surface area contributed by atoms with Crippen molar-refractivity contribution < 1.29 is 0 Å². The number of hydrogen-bond donors (Lipinski definition) is 1. The highest BCUT2D eigenvalue weighted by molar-refractivity contribution is 6.30. The van der Waals surface area contributed by atoms with Gasteiger partial charge in [-0.1, -0.05) is 43.5 Å². The van der Waals surface area contributed by atoms with Crippen molar-refractivity contribution in [3.05, 3.63) is 47.0 Å². The lowest BCUT2D eigenvalue weighted by Gasteiger charge is -2.25. The average molecular weight is 389 g/mol. The largest absolute Gasteiger partial charge is 0.354 e. The van der Waals surface area contributed by atoms with Gasteiger partial charge in [0.1, 0.15) is 12.2 Å². The normalized spacial score (nSPS) is 15.3. The minimum atomic E-state index is 0.520. The first-order valence-electron chi connectivity index (χ1n) is 9.79. The minimum absolute atomic E-state index is 0.520. The van der Waals surface area contributed by atoms with Gasteiger partial charge in [-0.05, 0) is 30.5 Å². The Balaban J connectivity index is 1.67. The van der Waals surface area contributed by atoms with E-state index in [9.17, 15) is 0 Å². The quantitative estimate of drug-likeness (QED) is 0.582. The lowest BCUT2D eigenvalue weighted by Crippen LogP contribution is -2.43. The molecule has 1 N–H and O–H groups in total. The molecule has 0 aliphatic heterocycles. The van der Waals surface area contributed by atoms with Crippen LogP contribution in [0, 0.1) is 0 Å². The molecule has 0 atom stereocenters. The number of guanidine groups is 1. The fourth-order valence-corrected chi connectivity index (χ4v) is 3.73. The molecule has 0 spiro atoms. The summed E-state index contributed by atoms with van der Waals surface area (Å²) in [5, 5.41) is 12.6. The van der Waals surface area contributed by atoms with E-state index in [0.29, 0.717) is 12.6 Å². The highest BCUT2D eigenvalue weighted by Gasteiger charge is 2.18. The van der Waals surface area contributed by atoms with Gasteiger partial charge in [-0.3, -0.25) is 4.99 Å². The highest BCUT2D eigenvalue weighted by Crippen LogP contribution is 2.18. The van der Waals surface area contributed by atoms with E-state index in [1.165, 1.54) is 31.2 Å². The Bertz CT molecular complexity index is 750. The molecule has 1 saturated carbocycles. The van der Waals surface area contributed by atoms with Crippen LogP contribution in [-0.4, -0.2) is 45.3 Å². The summed E-state index contributed by atoms with van der Waals surface area (Å²) < 4.78 is 2.08. The standard InChI is InChI=1S/C20H29ClN6/c1-3-19-25-23-15-27(19)12-11-22-20(24-18-9-4-5-10-18)26(2)14-16-7-6-8-17(21)13-16/h6-8,13,15,18H,3-5,9-12,14H2,1-2H3,(H,22,24). The van der Waals surface area contributed by atoms with E-state index in [4.69, 9.17) is 16.6 Å². The van der Waals surface area contributed by atoms with Crippen molar-refractivity contribution in [3.63, 3.8) is 0 Å². The molecule has 0 radical (unpaired) electrons. The van der Waals surface area contributed by atoms with Gasteiger partial charge in [0.05, 0.1) is 6.54 Å². The number of nitrogens with one attached hydrogen (secondary N) is 1. The maximum absolute atomic E-state index is 6.14. The van der Waals surface area contributed by atoms with E-state index in [0.717, 1.165) is 36.3 Å². The Hall–Kier alpha value is -2.08. The molecule has 0 amide bonds. The second kappa shape index (κ2) is 9.74. The van der Waals surface area contributed by atoms with Gasteiger partial charge >= 0.3 is 0 Å². The van der Waals surface area contributed by atoms with Crippen LogP contribution in [-0.2, 0) is 19.5 Å². The average Bonchev–Trinajstić information content (AvgIpc) is 3.32. The Labute approximate surface area is 166 Å². The van der Waals surface area contributed by atoms with Crippen molar-refractivity contribution in [1.82, 2.24) is 25.0 Å². The first kappa shape index (κ1) is 19.7. The molecule has 1 aliphatic rings. The Morgan fingerprint density at radius 1 is 1.37 bits per heavy atom. The van der Waals surface area contributed by atoms with Crippen molar-refractivity contribution in [2.45, 2.75) is 58.2 Å². The van der Waals surface area contributed by atoms with E-state index in [2.05, 4.69) is 45.0 Å². The summed E-state index contributed by atoms with van der Waals surface area (Å²) in [4.78, 5) is 7.06. The summed E-state index contributed by atoms with van der Waals surface area (Å²) in [6.07, 6.45) is 7.69. The van der Waals surface area contributed by atoms with Crippen LogP contribution in [0.1, 0.15) is 44.0 Å². The van der Waals surface area contributed by atoms with Crippen molar-refractivity contribution in [2.75, 3.05) is 13.6 Å². The van der Waals surface area contributed by atoms with E-state index in [1.54, 1.807) is 6.33 Å². The van der Waals surface area contributed by atoms with Crippen LogP contribution < -0.4 is 5.32 Å². The van der Waals surface area contributed by atoms with Gasteiger partial charge in [-0.15, -0.1) is 10.2 Å². The van der Waals surface area contributed by atoms with Crippen LogP contribution in [0.25, 0.3) is 0 Å². The van der Waals surface area contributed by atoms with Gasteiger partial charge in [0.25, 0.3) is 0 Å². The van der Waals surface area contributed by atoms with Crippen molar-refractivity contribution in [2.24, 2.45) is 4.99 Å². The second-order valence-electron chi connectivity index (χ2n) is 7.11. The zero-order chi connectivity index (χ0) is 19.1. The number of hydrogen-bond acceptors (Lipinski definition) is 3. The molecular weight excluding hydrogens is 360 g/mol. The first-order chi connectivity index (χ1) is 13.2. The first-order valence-corrected chi connectivity index (χ1v) is 10.2. The predicted molar refractivity (Wildman–Crippen MR) is 110 cm³/mol. The minimum Gasteiger partial charge on any atom is -0.354 e. The summed E-state index contributed by atoms with van der Waals surface area (Å²) in [5.41, 5.74) is 1.18. The summed E-state index contributed by atoms with van der Waals surface area (Å²) >= 11 is 6.14. The summed E-state index contributed by atoms with van der Waals surface area (Å²) in [6, 6.07) is 8.52. The third-order valence-corrected chi connectivity index (χ3v) is 5.21. The molecule has 1 aromatic heterocycles. The number of aliphatic imine (C=N–C) groups is 1. The Morgan fingerprint density at radius 2 is 2.19 bits per heavy atom. The molecule has 1 heterocycles. The number of aryl methyl sites for hydroxylation is 1. The molecule has 146 valence electrons. The van der Waals surface area contributed by atoms with Crippen LogP contribution in [0.2, 0.25) is 5.02 Å². The van der Waals surface area contributed by atoms with Gasteiger partial charge in [-0.25, -0.2) is 0 Å². The van der Waals surface area contributed by atoms with Gasteiger partial charge in [-0.2, -0.15) is 0 Å². The molecule has 0 saturated heterocycles. The molecule has 0 unspecified atom stereocenters. The van der Waals surface area contributed by atoms with Crippen molar-refractivity contribution in [3.8, 4) is 0 Å². The third-order valence-electron chi connectivity index (χ3n) is 4.97. The predicted octanol–water partition coefficient (Wildman–Crippen LogP) is 3.51. The fourth-order valence-electron chi connectivity index (χ4n) is 3.52. The van der Waals surface area contributed by atoms with Crippen molar-refractivity contribution in [1.29, 1.82) is 0 Å². The van der Waals surface area contributed by atoms with E-state index < -0.39 is 0 Å². The number of nitrogens with zero attached hydrogens (tertiary/aromatic N) is 5. The maximum atomic E-state index is 6.14. The van der Waals surface area contributed by atoms with Crippen LogP contribution in [0.15, 0.2) is 35.6 Å². The Morgan fingerprint density at radius 3 is 2.93 bits per heavy atom. The molecule has 7 heteroatoms. The van der Waals surface area contributed by atoms with Crippen LogP contribution in [0.4, 0.5) is 0 Å². The van der Waals surface area contributed by atoms with Gasteiger partial charge < -0.3 is 14.8 Å². The van der Waals surface area contributed by atoms with Gasteiger partial charge in [0.2, 0.25) is 0 Å². The molecule has 1 aromatic carbocycles. The molecular formula is C20H29ClN6.